The van der Waals surface area contributed by atoms with Crippen molar-refractivity contribution in [3.8, 4) is 16.9 Å². The monoisotopic (exact) mass is 413 g/mol. The molecule has 2 aromatic carbocycles. The van der Waals surface area contributed by atoms with E-state index in [2.05, 4.69) is 5.32 Å². The molecule has 1 amide bonds. The summed E-state index contributed by atoms with van der Waals surface area (Å²) >= 11 is 7.75. The van der Waals surface area contributed by atoms with E-state index in [0.29, 0.717) is 28.6 Å². The van der Waals surface area contributed by atoms with Gasteiger partial charge in [-0.1, -0.05) is 48.0 Å². The van der Waals surface area contributed by atoms with Gasteiger partial charge in [-0.2, -0.15) is 0 Å². The summed E-state index contributed by atoms with van der Waals surface area (Å²) in [6, 6.07) is 19.2. The zero-order chi connectivity index (χ0) is 19.9. The summed E-state index contributed by atoms with van der Waals surface area (Å²) in [5.41, 5.74) is 2.06. The maximum atomic E-state index is 12.4. The molecule has 3 rings (SSSR count). The second-order valence-corrected chi connectivity index (χ2v) is 7.80. The topological polar surface area (TPSA) is 55.4 Å². The van der Waals surface area contributed by atoms with Crippen LogP contribution in [0.15, 0.2) is 60.7 Å². The molecule has 4 nitrogen and oxygen atoms in total. The third kappa shape index (κ3) is 5.44. The predicted octanol–water partition coefficient (Wildman–Crippen LogP) is 5.01. The number of rotatable bonds is 8. The van der Waals surface area contributed by atoms with Crippen molar-refractivity contribution in [2.45, 2.75) is 13.3 Å². The highest BCUT2D eigenvalue weighted by Crippen LogP contribution is 2.30. The first-order chi connectivity index (χ1) is 13.5. The number of benzene rings is 2. The Balaban J connectivity index is 1.57. The van der Waals surface area contributed by atoms with Gasteiger partial charge in [-0.05, 0) is 41.8 Å². The van der Waals surface area contributed by atoms with Crippen molar-refractivity contribution < 1.29 is 14.3 Å². The number of carbonyl (C=O) groups excluding carboxylic acids is 2. The van der Waals surface area contributed by atoms with Crippen LogP contribution in [0.4, 0.5) is 0 Å². The van der Waals surface area contributed by atoms with Crippen LogP contribution in [0.25, 0.3) is 11.1 Å². The number of amides is 1. The van der Waals surface area contributed by atoms with E-state index in [1.807, 2.05) is 48.5 Å². The third-order valence-electron chi connectivity index (χ3n) is 4.08. The Bertz CT molecular complexity index is 969. The zero-order valence-corrected chi connectivity index (χ0v) is 17.0. The number of ether oxygens (including phenoxy) is 1. The van der Waals surface area contributed by atoms with Crippen LogP contribution in [-0.4, -0.2) is 24.8 Å². The number of Topliss-reactive ketones (excluding diaryl/α,β-unsaturated/α-hetero) is 1. The summed E-state index contributed by atoms with van der Waals surface area (Å²) < 4.78 is 5.63. The van der Waals surface area contributed by atoms with Gasteiger partial charge >= 0.3 is 0 Å². The minimum atomic E-state index is -0.0982. The Hall–Kier alpha value is -2.63. The second kappa shape index (κ2) is 9.53. The standard InChI is InChI=1S/C22H20ClNO3S/c1-15(25)24-12-11-18-8-10-22(28-18)20(26)14-27-21-9-7-17(13-19(21)23)16-5-3-2-4-6-16/h2-10,13H,11-12,14H2,1H3,(H,24,25). The first-order valence-electron chi connectivity index (χ1n) is 8.87. The van der Waals surface area contributed by atoms with Gasteiger partial charge in [0.15, 0.2) is 6.61 Å². The van der Waals surface area contributed by atoms with Crippen molar-refractivity contribution >= 4 is 34.6 Å². The molecule has 0 spiro atoms. The molecule has 0 atom stereocenters. The first kappa shape index (κ1) is 20.1. The van der Waals surface area contributed by atoms with E-state index < -0.39 is 0 Å². The summed E-state index contributed by atoms with van der Waals surface area (Å²) in [5, 5.41) is 3.21. The lowest BCUT2D eigenvalue weighted by atomic mass is 10.1. The second-order valence-electron chi connectivity index (χ2n) is 6.22. The van der Waals surface area contributed by atoms with E-state index in [1.54, 1.807) is 12.1 Å². The van der Waals surface area contributed by atoms with Gasteiger partial charge in [-0.3, -0.25) is 9.59 Å². The molecule has 28 heavy (non-hydrogen) atoms. The van der Waals surface area contributed by atoms with E-state index in [9.17, 15) is 9.59 Å². The number of hydrogen-bond acceptors (Lipinski definition) is 4. The van der Waals surface area contributed by atoms with Gasteiger partial charge in [0.2, 0.25) is 11.7 Å². The largest absolute Gasteiger partial charge is 0.484 e. The molecule has 6 heteroatoms. The molecule has 1 aromatic heterocycles. The summed E-state index contributed by atoms with van der Waals surface area (Å²) in [6.07, 6.45) is 0.700. The molecule has 0 aliphatic heterocycles. The predicted molar refractivity (Wildman–Crippen MR) is 113 cm³/mol. The highest BCUT2D eigenvalue weighted by molar-refractivity contribution is 7.14. The molecule has 0 fully saturated rings. The Labute approximate surface area is 173 Å². The maximum Gasteiger partial charge on any atom is 0.216 e. The van der Waals surface area contributed by atoms with Crippen LogP contribution in [0.5, 0.6) is 5.75 Å². The zero-order valence-electron chi connectivity index (χ0n) is 15.4. The number of nitrogens with one attached hydrogen (secondary N) is 1. The van der Waals surface area contributed by atoms with E-state index in [4.69, 9.17) is 16.3 Å². The molecule has 144 valence electrons. The smallest absolute Gasteiger partial charge is 0.216 e. The third-order valence-corrected chi connectivity index (χ3v) is 5.56. The van der Waals surface area contributed by atoms with Crippen molar-refractivity contribution in [1.29, 1.82) is 0 Å². The maximum absolute atomic E-state index is 12.4. The van der Waals surface area contributed by atoms with Crippen LogP contribution >= 0.6 is 22.9 Å². The molecule has 3 aromatic rings. The fraction of sp³-hybridized carbons (Fsp3) is 0.182. The Morgan fingerprint density at radius 3 is 2.54 bits per heavy atom. The lowest BCUT2D eigenvalue weighted by Gasteiger charge is -2.09. The Morgan fingerprint density at radius 1 is 1.04 bits per heavy atom. The van der Waals surface area contributed by atoms with Gasteiger partial charge in [0.25, 0.3) is 0 Å². The molecule has 0 radical (unpaired) electrons. The summed E-state index contributed by atoms with van der Waals surface area (Å²) in [5.74, 6) is 0.326. The number of ketones is 1. The lowest BCUT2D eigenvalue weighted by molar-refractivity contribution is -0.118. The van der Waals surface area contributed by atoms with Crippen LogP contribution < -0.4 is 10.1 Å². The van der Waals surface area contributed by atoms with Crippen LogP contribution in [0.3, 0.4) is 0 Å². The number of hydrogen-bond donors (Lipinski definition) is 1. The van der Waals surface area contributed by atoms with Crippen LogP contribution in [0.2, 0.25) is 5.02 Å². The van der Waals surface area contributed by atoms with Gasteiger partial charge in [0, 0.05) is 18.3 Å². The highest BCUT2D eigenvalue weighted by atomic mass is 35.5. The Morgan fingerprint density at radius 2 is 1.82 bits per heavy atom. The number of halogens is 1. The van der Waals surface area contributed by atoms with Crippen molar-refractivity contribution in [1.82, 2.24) is 5.32 Å². The first-order valence-corrected chi connectivity index (χ1v) is 10.1. The van der Waals surface area contributed by atoms with Crippen molar-refractivity contribution in [2.75, 3.05) is 13.2 Å². The van der Waals surface area contributed by atoms with Gasteiger partial charge in [0.05, 0.1) is 9.90 Å². The van der Waals surface area contributed by atoms with Crippen LogP contribution in [-0.2, 0) is 11.2 Å². The lowest BCUT2D eigenvalue weighted by Crippen LogP contribution is -2.22. The molecule has 0 saturated heterocycles. The van der Waals surface area contributed by atoms with Gasteiger partial charge in [0.1, 0.15) is 5.75 Å². The van der Waals surface area contributed by atoms with Crippen molar-refractivity contribution in [3.63, 3.8) is 0 Å². The summed E-state index contributed by atoms with van der Waals surface area (Å²) in [4.78, 5) is 25.0. The molecular weight excluding hydrogens is 394 g/mol. The van der Waals surface area contributed by atoms with E-state index in [-0.39, 0.29) is 18.3 Å². The van der Waals surface area contributed by atoms with E-state index in [0.717, 1.165) is 16.0 Å². The Kier molecular flexibility index (Phi) is 6.85. The van der Waals surface area contributed by atoms with Gasteiger partial charge in [-0.25, -0.2) is 0 Å². The average molecular weight is 414 g/mol. The van der Waals surface area contributed by atoms with Crippen LogP contribution in [0.1, 0.15) is 21.5 Å². The molecule has 1 heterocycles. The summed E-state index contributed by atoms with van der Waals surface area (Å²) in [7, 11) is 0. The molecule has 0 unspecified atom stereocenters. The summed E-state index contributed by atoms with van der Waals surface area (Å²) in [6.45, 7) is 1.97. The molecule has 0 aliphatic rings. The molecule has 1 N–H and O–H groups in total. The highest BCUT2D eigenvalue weighted by Gasteiger charge is 2.12. The van der Waals surface area contributed by atoms with Crippen molar-refractivity contribution in [2.24, 2.45) is 0 Å². The van der Waals surface area contributed by atoms with Gasteiger partial charge in [-0.15, -0.1) is 11.3 Å². The number of carbonyl (C=O) groups is 2. The van der Waals surface area contributed by atoms with Gasteiger partial charge < -0.3 is 10.1 Å². The number of thiophene rings is 1. The minimum Gasteiger partial charge on any atom is -0.484 e. The van der Waals surface area contributed by atoms with Crippen molar-refractivity contribution in [3.05, 3.63) is 75.4 Å². The molecule has 0 aliphatic carbocycles. The SMILES string of the molecule is CC(=O)NCCc1ccc(C(=O)COc2ccc(-c3ccccc3)cc2Cl)s1. The average Bonchev–Trinajstić information content (AvgIpc) is 3.16. The molecule has 0 bridgehead atoms. The normalized spacial score (nSPS) is 10.5. The molecular formula is C22H20ClNO3S. The van der Waals surface area contributed by atoms with E-state index in [1.165, 1.54) is 18.3 Å². The quantitative estimate of drug-likeness (QED) is 0.528. The minimum absolute atomic E-state index is 0.0589. The van der Waals surface area contributed by atoms with E-state index >= 15 is 0 Å². The fourth-order valence-corrected chi connectivity index (χ4v) is 3.83. The molecule has 0 saturated carbocycles. The fourth-order valence-electron chi connectivity index (χ4n) is 2.67. The van der Waals surface area contributed by atoms with Crippen LogP contribution in [0, 0.1) is 0 Å².